The van der Waals surface area contributed by atoms with E-state index in [9.17, 15) is 27.2 Å². The molecule has 1 amide bonds. The monoisotopic (exact) mass is 413 g/mol. The summed E-state index contributed by atoms with van der Waals surface area (Å²) in [6, 6.07) is 3.68. The first kappa shape index (κ1) is 21.3. The summed E-state index contributed by atoms with van der Waals surface area (Å²) in [5, 5.41) is 0. The molecule has 0 radical (unpaired) electrons. The zero-order valence-electron chi connectivity index (χ0n) is 16.7. The van der Waals surface area contributed by atoms with Crippen molar-refractivity contribution in [2.75, 3.05) is 7.05 Å². The van der Waals surface area contributed by atoms with Crippen LogP contribution >= 0.6 is 0 Å². The summed E-state index contributed by atoms with van der Waals surface area (Å²) in [5.41, 5.74) is 1.21. The minimum Gasteiger partial charge on any atom is -0.369 e. The molecule has 1 fully saturated rings. The molecule has 2 aliphatic rings. The molecule has 29 heavy (non-hydrogen) atoms. The molecule has 5 nitrogen and oxygen atoms in total. The molecule has 0 unspecified atom stereocenters. The second-order valence-corrected chi connectivity index (χ2v) is 8.53. The van der Waals surface area contributed by atoms with Crippen LogP contribution in [0.4, 0.5) is 17.6 Å². The molecule has 1 aromatic carbocycles. The normalized spacial score (nSPS) is 25.6. The van der Waals surface area contributed by atoms with Gasteiger partial charge in [0.2, 0.25) is 5.91 Å². The summed E-state index contributed by atoms with van der Waals surface area (Å²) in [6.07, 6.45) is -5.53. The van der Waals surface area contributed by atoms with Crippen molar-refractivity contribution in [2.24, 2.45) is 21.6 Å². The summed E-state index contributed by atoms with van der Waals surface area (Å²) in [6.45, 7) is 4.75. The first-order valence-corrected chi connectivity index (χ1v) is 9.20. The molecule has 1 aliphatic carbocycles. The van der Waals surface area contributed by atoms with Crippen molar-refractivity contribution in [2.45, 2.75) is 51.7 Å². The number of guanidine groups is 1. The molecule has 158 valence electrons. The van der Waals surface area contributed by atoms with Crippen molar-refractivity contribution in [3.05, 3.63) is 35.1 Å². The number of rotatable bonds is 4. The van der Waals surface area contributed by atoms with E-state index in [0.717, 1.165) is 6.07 Å². The summed E-state index contributed by atoms with van der Waals surface area (Å²) in [5.74, 6) is -2.08. The van der Waals surface area contributed by atoms with Gasteiger partial charge in [0.1, 0.15) is 16.8 Å². The largest absolute Gasteiger partial charge is 0.401 e. The Balaban J connectivity index is 2.02. The third kappa shape index (κ3) is 3.02. The number of aliphatic imine (C=N–C) groups is 1. The van der Waals surface area contributed by atoms with Crippen molar-refractivity contribution in [3.63, 3.8) is 0 Å². The number of hydrogen-bond donors (Lipinski definition) is 1. The maximum absolute atomic E-state index is 14.8. The lowest BCUT2D eigenvalue weighted by atomic mass is 9.67. The van der Waals surface area contributed by atoms with Gasteiger partial charge in [-0.05, 0) is 51.3 Å². The van der Waals surface area contributed by atoms with Gasteiger partial charge in [-0.3, -0.25) is 14.5 Å². The summed E-state index contributed by atoms with van der Waals surface area (Å²) in [7, 11) is 1.46. The second kappa shape index (κ2) is 6.27. The zero-order valence-corrected chi connectivity index (χ0v) is 16.7. The molecule has 0 spiro atoms. The SMILES string of the molecule is CN1C(=O)C(C)(C)[C@@](C)(c2cc(CC(=O)C3(C(F)(F)F)CC3)ccc2F)N=C1N. The minimum atomic E-state index is -4.60. The number of nitrogens with two attached hydrogens (primary N) is 1. The number of halogens is 4. The lowest BCUT2D eigenvalue weighted by Gasteiger charge is -2.46. The van der Waals surface area contributed by atoms with Gasteiger partial charge in [0.15, 0.2) is 11.7 Å². The van der Waals surface area contributed by atoms with Crippen LogP contribution in [-0.2, 0) is 21.5 Å². The van der Waals surface area contributed by atoms with Gasteiger partial charge in [-0.1, -0.05) is 6.07 Å². The predicted molar refractivity (Wildman–Crippen MR) is 98.4 cm³/mol. The highest BCUT2D eigenvalue weighted by atomic mass is 19.4. The quantitative estimate of drug-likeness (QED) is 0.770. The number of nitrogens with zero attached hydrogens (tertiary/aromatic N) is 2. The smallest absolute Gasteiger partial charge is 0.369 e. The zero-order chi connectivity index (χ0) is 22.0. The number of hydrogen-bond acceptors (Lipinski definition) is 4. The molecule has 0 aromatic heterocycles. The van der Waals surface area contributed by atoms with Crippen LogP contribution < -0.4 is 5.73 Å². The van der Waals surface area contributed by atoms with Crippen LogP contribution in [0, 0.1) is 16.6 Å². The van der Waals surface area contributed by atoms with Crippen LogP contribution in [0.3, 0.4) is 0 Å². The molecule has 2 N–H and O–H groups in total. The van der Waals surface area contributed by atoms with E-state index < -0.39 is 40.6 Å². The Morgan fingerprint density at radius 3 is 2.34 bits per heavy atom. The van der Waals surface area contributed by atoms with Crippen LogP contribution in [0.2, 0.25) is 0 Å². The van der Waals surface area contributed by atoms with Crippen molar-refractivity contribution < 1.29 is 27.2 Å². The van der Waals surface area contributed by atoms with Gasteiger partial charge in [-0.2, -0.15) is 13.2 Å². The topological polar surface area (TPSA) is 75.8 Å². The highest BCUT2D eigenvalue weighted by Gasteiger charge is 2.67. The Labute approximate surface area is 166 Å². The van der Waals surface area contributed by atoms with Crippen molar-refractivity contribution in [3.8, 4) is 0 Å². The summed E-state index contributed by atoms with van der Waals surface area (Å²) < 4.78 is 54.4. The van der Waals surface area contributed by atoms with Gasteiger partial charge < -0.3 is 5.73 Å². The first-order chi connectivity index (χ1) is 13.2. The van der Waals surface area contributed by atoms with Gasteiger partial charge >= 0.3 is 6.18 Å². The molecule has 1 saturated carbocycles. The van der Waals surface area contributed by atoms with E-state index in [2.05, 4.69) is 4.99 Å². The van der Waals surface area contributed by atoms with Crippen LogP contribution in [-0.4, -0.2) is 35.8 Å². The number of Topliss-reactive ketones (excluding diaryl/α,β-unsaturated/α-hetero) is 1. The van der Waals surface area contributed by atoms with Crippen molar-refractivity contribution >= 4 is 17.6 Å². The van der Waals surface area contributed by atoms with Gasteiger partial charge in [0.05, 0.1) is 5.41 Å². The van der Waals surface area contributed by atoms with Gasteiger partial charge in [0, 0.05) is 19.0 Å². The molecule has 9 heteroatoms. The van der Waals surface area contributed by atoms with E-state index in [1.54, 1.807) is 20.8 Å². The Bertz CT molecular complexity index is 919. The number of carbonyl (C=O) groups excluding carboxylic acids is 2. The van der Waals surface area contributed by atoms with E-state index in [4.69, 9.17) is 5.73 Å². The molecule has 1 aliphatic heterocycles. The molecular formula is C20H23F4N3O2. The third-order valence-corrected chi connectivity index (χ3v) is 6.48. The highest BCUT2D eigenvalue weighted by molar-refractivity contribution is 6.01. The van der Waals surface area contributed by atoms with Crippen LogP contribution in [0.15, 0.2) is 23.2 Å². The lowest BCUT2D eigenvalue weighted by Crippen LogP contribution is -2.58. The molecule has 1 heterocycles. The molecule has 1 aromatic rings. The van der Waals surface area contributed by atoms with E-state index in [-0.39, 0.29) is 35.8 Å². The molecule has 0 saturated heterocycles. The van der Waals surface area contributed by atoms with Crippen molar-refractivity contribution in [1.29, 1.82) is 0 Å². The summed E-state index contributed by atoms with van der Waals surface area (Å²) >= 11 is 0. The average Bonchev–Trinajstić information content (AvgIpc) is 3.42. The fourth-order valence-corrected chi connectivity index (χ4v) is 3.83. The Kier molecular flexibility index (Phi) is 4.60. The highest BCUT2D eigenvalue weighted by Crippen LogP contribution is 2.58. The predicted octanol–water partition coefficient (Wildman–Crippen LogP) is 3.31. The molecular weight excluding hydrogens is 390 g/mol. The maximum Gasteiger partial charge on any atom is 0.401 e. The second-order valence-electron chi connectivity index (χ2n) is 8.53. The summed E-state index contributed by atoms with van der Waals surface area (Å²) in [4.78, 5) is 30.6. The first-order valence-electron chi connectivity index (χ1n) is 9.20. The maximum atomic E-state index is 14.8. The number of ketones is 1. The number of benzene rings is 1. The minimum absolute atomic E-state index is 0.00838. The van der Waals surface area contributed by atoms with E-state index in [1.165, 1.54) is 24.1 Å². The van der Waals surface area contributed by atoms with Crippen LogP contribution in [0.5, 0.6) is 0 Å². The Morgan fingerprint density at radius 2 is 1.83 bits per heavy atom. The van der Waals surface area contributed by atoms with E-state index in [1.807, 2.05) is 0 Å². The van der Waals surface area contributed by atoms with Crippen LogP contribution in [0.1, 0.15) is 44.7 Å². The number of alkyl halides is 3. The fraction of sp³-hybridized carbons (Fsp3) is 0.550. The Morgan fingerprint density at radius 1 is 1.24 bits per heavy atom. The van der Waals surface area contributed by atoms with E-state index >= 15 is 0 Å². The number of amides is 1. The van der Waals surface area contributed by atoms with Crippen molar-refractivity contribution in [1.82, 2.24) is 4.90 Å². The standard InChI is InChI=1S/C20H23F4N3O2/c1-17(2)15(29)27(4)16(25)26-18(17,3)12-9-11(5-6-13(12)21)10-14(28)19(7-8-19)20(22,23)24/h5-6,9H,7-8,10H2,1-4H3,(H2,25,26)/t18-/m1/s1. The molecule has 1 atom stereocenters. The fourth-order valence-electron chi connectivity index (χ4n) is 3.83. The van der Waals surface area contributed by atoms with Gasteiger partial charge in [-0.15, -0.1) is 0 Å². The molecule has 3 rings (SSSR count). The Hall–Kier alpha value is -2.45. The van der Waals surface area contributed by atoms with E-state index in [0.29, 0.717) is 0 Å². The number of carbonyl (C=O) groups is 2. The van der Waals surface area contributed by atoms with Gasteiger partial charge in [-0.25, -0.2) is 9.38 Å². The molecule has 0 bridgehead atoms. The van der Waals surface area contributed by atoms with Crippen LogP contribution in [0.25, 0.3) is 0 Å². The lowest BCUT2D eigenvalue weighted by molar-refractivity contribution is -0.190. The average molecular weight is 413 g/mol. The van der Waals surface area contributed by atoms with Gasteiger partial charge in [0.25, 0.3) is 0 Å². The third-order valence-electron chi connectivity index (χ3n) is 6.48.